The fourth-order valence-electron chi connectivity index (χ4n) is 2.50. The second-order valence-corrected chi connectivity index (χ2v) is 5.46. The van der Waals surface area contributed by atoms with Crippen molar-refractivity contribution in [3.8, 4) is 0 Å². The lowest BCUT2D eigenvalue weighted by Gasteiger charge is -2.34. The molecule has 1 rings (SSSR count). The third-order valence-corrected chi connectivity index (χ3v) is 3.47. The highest BCUT2D eigenvalue weighted by molar-refractivity contribution is 5.78. The van der Waals surface area contributed by atoms with Gasteiger partial charge in [0.2, 0.25) is 11.8 Å². The van der Waals surface area contributed by atoms with Crippen molar-refractivity contribution in [1.82, 2.24) is 15.1 Å². The van der Waals surface area contributed by atoms with Crippen LogP contribution < -0.4 is 5.32 Å². The van der Waals surface area contributed by atoms with Crippen LogP contribution in [-0.4, -0.2) is 74.6 Å². The maximum atomic E-state index is 12.2. The van der Waals surface area contributed by atoms with Crippen LogP contribution in [0, 0.1) is 0 Å². The van der Waals surface area contributed by atoms with Gasteiger partial charge in [0.1, 0.15) is 0 Å². The lowest BCUT2D eigenvalue weighted by molar-refractivity contribution is -0.134. The van der Waals surface area contributed by atoms with Crippen molar-refractivity contribution in [3.05, 3.63) is 0 Å². The van der Waals surface area contributed by atoms with Crippen LogP contribution in [0.2, 0.25) is 0 Å². The molecule has 1 aliphatic heterocycles. The summed E-state index contributed by atoms with van der Waals surface area (Å²) in [6.07, 6.45) is 2.83. The molecule has 2 amide bonds. The zero-order valence-corrected chi connectivity index (χ0v) is 12.9. The number of likely N-dealkylation sites (tertiary alicyclic amines) is 1. The van der Waals surface area contributed by atoms with Crippen molar-refractivity contribution in [1.29, 1.82) is 0 Å². The fraction of sp³-hybridized carbons (Fsp3) is 0.857. The molecule has 6 heteroatoms. The molecule has 0 saturated carbocycles. The van der Waals surface area contributed by atoms with Crippen molar-refractivity contribution in [2.75, 3.05) is 46.9 Å². The minimum Gasteiger partial charge on any atom is -0.385 e. The summed E-state index contributed by atoms with van der Waals surface area (Å²) >= 11 is 0. The molecule has 1 saturated heterocycles. The molecule has 1 heterocycles. The first kappa shape index (κ1) is 16.9. The average Bonchev–Trinajstić information content (AvgIpc) is 2.38. The number of hydrogen-bond donors (Lipinski definition) is 1. The first-order valence-electron chi connectivity index (χ1n) is 7.25. The van der Waals surface area contributed by atoms with Gasteiger partial charge in [-0.15, -0.1) is 0 Å². The summed E-state index contributed by atoms with van der Waals surface area (Å²) in [7, 11) is 3.63. The molecule has 20 heavy (non-hydrogen) atoms. The third kappa shape index (κ3) is 6.34. The average molecular weight is 285 g/mol. The highest BCUT2D eigenvalue weighted by atomic mass is 16.5. The number of rotatable bonds is 7. The molecule has 0 bridgehead atoms. The van der Waals surface area contributed by atoms with Crippen LogP contribution >= 0.6 is 0 Å². The number of ether oxygens (including phenoxy) is 1. The van der Waals surface area contributed by atoms with Gasteiger partial charge >= 0.3 is 0 Å². The number of carbonyl (C=O) groups excluding carboxylic acids is 2. The van der Waals surface area contributed by atoms with E-state index in [0.717, 1.165) is 32.4 Å². The normalized spacial score (nSPS) is 19.2. The predicted molar refractivity (Wildman–Crippen MR) is 77.4 cm³/mol. The predicted octanol–water partition coefficient (Wildman–Crippen LogP) is 0.0818. The van der Waals surface area contributed by atoms with Gasteiger partial charge in [-0.3, -0.25) is 14.5 Å². The van der Waals surface area contributed by atoms with Gasteiger partial charge in [0.15, 0.2) is 0 Å². The van der Waals surface area contributed by atoms with Gasteiger partial charge in [-0.25, -0.2) is 0 Å². The lowest BCUT2D eigenvalue weighted by atomic mass is 10.1. The first-order chi connectivity index (χ1) is 9.52. The van der Waals surface area contributed by atoms with E-state index in [4.69, 9.17) is 4.74 Å². The van der Waals surface area contributed by atoms with E-state index in [1.165, 1.54) is 6.92 Å². The lowest BCUT2D eigenvalue weighted by Crippen LogP contribution is -2.51. The minimum absolute atomic E-state index is 0.0269. The van der Waals surface area contributed by atoms with Crippen LogP contribution in [0.1, 0.15) is 26.2 Å². The van der Waals surface area contributed by atoms with Gasteiger partial charge in [0, 0.05) is 46.3 Å². The Bertz CT molecular complexity index is 323. The highest BCUT2D eigenvalue weighted by Crippen LogP contribution is 2.10. The molecule has 0 radical (unpaired) electrons. The number of nitrogens with zero attached hydrogens (tertiary/aromatic N) is 2. The number of hydrogen-bond acceptors (Lipinski definition) is 4. The molecule has 1 N–H and O–H groups in total. The topological polar surface area (TPSA) is 61.9 Å². The van der Waals surface area contributed by atoms with E-state index in [0.29, 0.717) is 19.7 Å². The van der Waals surface area contributed by atoms with Crippen LogP contribution in [0.4, 0.5) is 0 Å². The van der Waals surface area contributed by atoms with Crippen LogP contribution in [0.5, 0.6) is 0 Å². The Hall–Kier alpha value is -1.14. The van der Waals surface area contributed by atoms with Gasteiger partial charge in [-0.2, -0.15) is 0 Å². The molecule has 1 aliphatic rings. The quantitative estimate of drug-likeness (QED) is 0.673. The summed E-state index contributed by atoms with van der Waals surface area (Å²) in [5.74, 6) is 0.112. The molecule has 1 atom stereocenters. The number of nitrogens with one attached hydrogen (secondary N) is 1. The molecular weight excluding hydrogens is 258 g/mol. The number of likely N-dealkylation sites (N-methyl/N-ethyl adjacent to an activating group) is 1. The summed E-state index contributed by atoms with van der Waals surface area (Å²) < 4.78 is 5.00. The van der Waals surface area contributed by atoms with Crippen LogP contribution in [-0.2, 0) is 14.3 Å². The molecule has 0 aliphatic carbocycles. The molecule has 116 valence electrons. The molecule has 6 nitrogen and oxygen atoms in total. The van der Waals surface area contributed by atoms with Crippen LogP contribution in [0.25, 0.3) is 0 Å². The maximum Gasteiger partial charge on any atom is 0.236 e. The molecule has 1 unspecified atom stereocenters. The molecule has 0 aromatic carbocycles. The Labute approximate surface area is 121 Å². The van der Waals surface area contributed by atoms with Crippen molar-refractivity contribution in [3.63, 3.8) is 0 Å². The second-order valence-electron chi connectivity index (χ2n) is 5.46. The van der Waals surface area contributed by atoms with E-state index < -0.39 is 0 Å². The molecule has 0 spiro atoms. The Balaban J connectivity index is 2.32. The van der Waals surface area contributed by atoms with E-state index in [1.807, 2.05) is 16.8 Å². The van der Waals surface area contributed by atoms with Crippen molar-refractivity contribution in [2.45, 2.75) is 32.2 Å². The molecule has 0 aromatic rings. The van der Waals surface area contributed by atoms with Crippen LogP contribution in [0.15, 0.2) is 0 Å². The van der Waals surface area contributed by atoms with E-state index >= 15 is 0 Å². The monoisotopic (exact) mass is 285 g/mol. The molecular formula is C14H27N3O3. The second kappa shape index (κ2) is 8.92. The number of carbonyl (C=O) groups is 2. The summed E-state index contributed by atoms with van der Waals surface area (Å²) in [4.78, 5) is 27.2. The van der Waals surface area contributed by atoms with Crippen molar-refractivity contribution in [2.24, 2.45) is 0 Å². The van der Waals surface area contributed by atoms with Gasteiger partial charge in [0.25, 0.3) is 0 Å². The zero-order chi connectivity index (χ0) is 15.0. The fourth-order valence-corrected chi connectivity index (χ4v) is 2.50. The molecule has 1 fully saturated rings. The van der Waals surface area contributed by atoms with Crippen molar-refractivity contribution < 1.29 is 14.3 Å². The number of amides is 2. The highest BCUT2D eigenvalue weighted by Gasteiger charge is 2.24. The van der Waals surface area contributed by atoms with Gasteiger partial charge in [-0.05, 0) is 26.3 Å². The third-order valence-electron chi connectivity index (χ3n) is 3.47. The van der Waals surface area contributed by atoms with Gasteiger partial charge in [0.05, 0.1) is 6.54 Å². The van der Waals surface area contributed by atoms with Crippen LogP contribution in [0.3, 0.4) is 0 Å². The number of piperidine rings is 1. The molecule has 0 aromatic heterocycles. The summed E-state index contributed by atoms with van der Waals surface area (Å²) in [6.45, 7) is 4.93. The minimum atomic E-state index is -0.0269. The van der Waals surface area contributed by atoms with E-state index in [9.17, 15) is 9.59 Å². The largest absolute Gasteiger partial charge is 0.385 e. The van der Waals surface area contributed by atoms with E-state index in [-0.39, 0.29) is 17.9 Å². The Morgan fingerprint density at radius 2 is 2.20 bits per heavy atom. The Morgan fingerprint density at radius 1 is 1.45 bits per heavy atom. The van der Waals surface area contributed by atoms with E-state index in [2.05, 4.69) is 5.32 Å². The zero-order valence-electron chi connectivity index (χ0n) is 12.9. The maximum absolute atomic E-state index is 12.2. The standard InChI is InChI=1S/C14H27N3O3/c1-12(18)15-13-6-4-8-17(10-13)14(19)11-16(2)7-5-9-20-3/h13H,4-11H2,1-3H3,(H,15,18). The number of methoxy groups -OCH3 is 1. The summed E-state index contributed by atoms with van der Waals surface area (Å²) in [5.41, 5.74) is 0. The summed E-state index contributed by atoms with van der Waals surface area (Å²) in [5, 5.41) is 2.90. The Kier molecular flexibility index (Phi) is 7.54. The van der Waals surface area contributed by atoms with Gasteiger partial charge in [-0.1, -0.05) is 0 Å². The summed E-state index contributed by atoms with van der Waals surface area (Å²) in [6, 6.07) is 0.101. The first-order valence-corrected chi connectivity index (χ1v) is 7.25. The Morgan fingerprint density at radius 3 is 2.85 bits per heavy atom. The van der Waals surface area contributed by atoms with E-state index in [1.54, 1.807) is 7.11 Å². The smallest absolute Gasteiger partial charge is 0.236 e. The van der Waals surface area contributed by atoms with Gasteiger partial charge < -0.3 is 15.0 Å². The van der Waals surface area contributed by atoms with Crippen molar-refractivity contribution >= 4 is 11.8 Å². The SMILES string of the molecule is COCCCN(C)CC(=O)N1CCCC(NC(C)=O)C1.